The highest BCUT2D eigenvalue weighted by atomic mass is 16.7. The highest BCUT2D eigenvalue weighted by Gasteiger charge is 2.19. The zero-order chi connectivity index (χ0) is 22.6. The molecule has 1 aliphatic carbocycles. The molecule has 0 amide bonds. The summed E-state index contributed by atoms with van der Waals surface area (Å²) in [5, 5.41) is 12.5. The van der Waals surface area contributed by atoms with Crippen LogP contribution in [0.15, 0.2) is 66.7 Å². The smallest absolute Gasteiger partial charge is 0.493 e. The van der Waals surface area contributed by atoms with Gasteiger partial charge in [0.2, 0.25) is 5.88 Å². The van der Waals surface area contributed by atoms with Crippen LogP contribution >= 0.6 is 0 Å². The Morgan fingerprint density at radius 3 is 2.64 bits per heavy atom. The molecular weight excluding hydrogens is 414 g/mol. The molecule has 2 N–H and O–H groups in total. The molecule has 0 fully saturated rings. The van der Waals surface area contributed by atoms with Crippen molar-refractivity contribution in [3.05, 3.63) is 77.9 Å². The highest BCUT2D eigenvalue weighted by Crippen LogP contribution is 2.37. The summed E-state index contributed by atoms with van der Waals surface area (Å²) in [4.78, 5) is 14.6. The molecule has 0 saturated heterocycles. The molecule has 0 aliphatic heterocycles. The fourth-order valence-electron chi connectivity index (χ4n) is 4.78. The lowest BCUT2D eigenvalue weighted by atomic mass is 9.92. The summed E-state index contributed by atoms with van der Waals surface area (Å²) in [5.74, 6) is 1.17. The molecule has 3 aromatic carbocycles. The van der Waals surface area contributed by atoms with Crippen molar-refractivity contribution in [2.24, 2.45) is 0 Å². The molecule has 5 rings (SSSR count). The largest absolute Gasteiger partial charge is 0.512 e. The second-order valence-electron chi connectivity index (χ2n) is 8.43. The van der Waals surface area contributed by atoms with Gasteiger partial charge in [-0.3, -0.25) is 0 Å². The molecule has 0 spiro atoms. The van der Waals surface area contributed by atoms with Gasteiger partial charge in [-0.1, -0.05) is 60.7 Å². The van der Waals surface area contributed by atoms with E-state index in [2.05, 4.69) is 35.3 Å². The Labute approximate surface area is 192 Å². The van der Waals surface area contributed by atoms with E-state index in [1.165, 1.54) is 18.4 Å². The standard InChI is InChI=1S/C28H27NO4/c30-28(31)33-27-24(16-8-18-32-25-17-6-12-19-11-4-5-13-21(19)25)23-15-7-14-22(26(23)29-27)20-9-2-1-3-10-20/h4-7,9,11-15,17,29H,1-3,8,10,16,18H2,(H,30,31). The van der Waals surface area contributed by atoms with E-state index in [9.17, 15) is 9.90 Å². The molecule has 0 atom stereocenters. The summed E-state index contributed by atoms with van der Waals surface area (Å²) in [7, 11) is 0. The number of aryl methyl sites for hydroxylation is 1. The molecule has 1 aliphatic rings. The van der Waals surface area contributed by atoms with Gasteiger partial charge in [-0.2, -0.15) is 0 Å². The number of nitrogens with one attached hydrogen (secondary N) is 1. The van der Waals surface area contributed by atoms with E-state index in [1.807, 2.05) is 36.4 Å². The second kappa shape index (κ2) is 9.41. The molecule has 0 saturated carbocycles. The van der Waals surface area contributed by atoms with Crippen molar-refractivity contribution in [2.75, 3.05) is 6.61 Å². The fraction of sp³-hybridized carbons (Fsp3) is 0.250. The lowest BCUT2D eigenvalue weighted by Gasteiger charge is -2.13. The Balaban J connectivity index is 1.38. The average molecular weight is 442 g/mol. The number of H-pyrrole nitrogens is 1. The van der Waals surface area contributed by atoms with Crippen molar-refractivity contribution in [3.63, 3.8) is 0 Å². The fourth-order valence-corrected chi connectivity index (χ4v) is 4.78. The molecule has 1 heterocycles. The monoisotopic (exact) mass is 441 g/mol. The molecule has 5 heteroatoms. The van der Waals surface area contributed by atoms with E-state index in [1.54, 1.807) is 0 Å². The van der Waals surface area contributed by atoms with Crippen LogP contribution < -0.4 is 9.47 Å². The number of benzene rings is 3. The van der Waals surface area contributed by atoms with Crippen LogP contribution in [-0.2, 0) is 6.42 Å². The summed E-state index contributed by atoms with van der Waals surface area (Å²) in [6.07, 6.45) is 6.90. The van der Waals surface area contributed by atoms with Gasteiger partial charge in [0.25, 0.3) is 0 Å². The van der Waals surface area contributed by atoms with E-state index in [0.717, 1.165) is 57.8 Å². The molecule has 5 nitrogen and oxygen atoms in total. The molecule has 1 aromatic heterocycles. The number of allylic oxidation sites excluding steroid dienone is 2. The van der Waals surface area contributed by atoms with Gasteiger partial charge in [-0.05, 0) is 55.6 Å². The van der Waals surface area contributed by atoms with Crippen molar-refractivity contribution >= 4 is 33.4 Å². The van der Waals surface area contributed by atoms with Crippen molar-refractivity contribution in [1.82, 2.24) is 4.98 Å². The van der Waals surface area contributed by atoms with Gasteiger partial charge in [0, 0.05) is 21.9 Å². The van der Waals surface area contributed by atoms with Crippen molar-refractivity contribution in [2.45, 2.75) is 38.5 Å². The number of hydrogen-bond donors (Lipinski definition) is 2. The lowest BCUT2D eigenvalue weighted by Crippen LogP contribution is -2.06. The van der Waals surface area contributed by atoms with E-state index in [4.69, 9.17) is 9.47 Å². The predicted octanol–water partition coefficient (Wildman–Crippen LogP) is 7.35. The van der Waals surface area contributed by atoms with Gasteiger partial charge >= 0.3 is 6.16 Å². The van der Waals surface area contributed by atoms with Crippen LogP contribution in [0.4, 0.5) is 4.79 Å². The molecule has 4 aromatic rings. The first-order valence-corrected chi connectivity index (χ1v) is 11.5. The number of aromatic amines is 1. The first kappa shape index (κ1) is 21.1. The van der Waals surface area contributed by atoms with Gasteiger partial charge in [0.05, 0.1) is 12.1 Å². The SMILES string of the molecule is O=C(O)Oc1[nH]c2c(C3=CCCCC3)cccc2c1CCCOc1cccc2ccccc12. The summed E-state index contributed by atoms with van der Waals surface area (Å²) in [6, 6.07) is 20.4. The Kier molecular flexibility index (Phi) is 6.03. The van der Waals surface area contributed by atoms with Crippen LogP contribution in [0.1, 0.15) is 43.2 Å². The van der Waals surface area contributed by atoms with Crippen molar-refractivity contribution < 1.29 is 19.4 Å². The maximum atomic E-state index is 11.3. The number of para-hydroxylation sites is 1. The molecular formula is C28H27NO4. The third kappa shape index (κ3) is 4.44. The molecule has 0 radical (unpaired) electrons. The van der Waals surface area contributed by atoms with Crippen molar-refractivity contribution in [3.8, 4) is 11.6 Å². The van der Waals surface area contributed by atoms with Gasteiger partial charge in [0.1, 0.15) is 5.75 Å². The topological polar surface area (TPSA) is 71.5 Å². The van der Waals surface area contributed by atoms with Crippen LogP contribution in [0.25, 0.3) is 27.2 Å². The van der Waals surface area contributed by atoms with E-state index in [0.29, 0.717) is 18.9 Å². The third-order valence-electron chi connectivity index (χ3n) is 6.31. The van der Waals surface area contributed by atoms with E-state index in [-0.39, 0.29) is 0 Å². The summed E-state index contributed by atoms with van der Waals surface area (Å²) < 4.78 is 11.2. The van der Waals surface area contributed by atoms with Crippen molar-refractivity contribution in [1.29, 1.82) is 0 Å². The minimum Gasteiger partial charge on any atom is -0.493 e. The summed E-state index contributed by atoms with van der Waals surface area (Å²) in [5.41, 5.74) is 4.29. The van der Waals surface area contributed by atoms with Crippen LogP contribution in [0, 0.1) is 0 Å². The second-order valence-corrected chi connectivity index (χ2v) is 8.43. The number of carbonyl (C=O) groups is 1. The maximum absolute atomic E-state index is 11.3. The first-order chi connectivity index (χ1) is 16.2. The summed E-state index contributed by atoms with van der Waals surface area (Å²) in [6.45, 7) is 0.526. The number of fused-ring (bicyclic) bond motifs is 2. The van der Waals surface area contributed by atoms with Gasteiger partial charge in [0.15, 0.2) is 0 Å². The number of carboxylic acid groups (broad SMARTS) is 1. The molecule has 168 valence electrons. The average Bonchev–Trinajstić information content (AvgIpc) is 3.18. The predicted molar refractivity (Wildman–Crippen MR) is 131 cm³/mol. The Bertz CT molecular complexity index is 1330. The van der Waals surface area contributed by atoms with Gasteiger partial charge in [-0.15, -0.1) is 0 Å². The highest BCUT2D eigenvalue weighted by molar-refractivity contribution is 5.95. The summed E-state index contributed by atoms with van der Waals surface area (Å²) >= 11 is 0. The molecule has 0 unspecified atom stereocenters. The normalized spacial score (nSPS) is 13.8. The maximum Gasteiger partial charge on any atom is 0.512 e. The zero-order valence-electron chi connectivity index (χ0n) is 18.5. The zero-order valence-corrected chi connectivity index (χ0v) is 18.5. The Morgan fingerprint density at radius 2 is 1.79 bits per heavy atom. The third-order valence-corrected chi connectivity index (χ3v) is 6.31. The minimum absolute atomic E-state index is 0.312. The first-order valence-electron chi connectivity index (χ1n) is 11.5. The minimum atomic E-state index is -1.31. The van der Waals surface area contributed by atoms with Crippen LogP contribution in [0.2, 0.25) is 0 Å². The Morgan fingerprint density at radius 1 is 0.970 bits per heavy atom. The number of aromatic nitrogens is 1. The number of hydrogen-bond acceptors (Lipinski definition) is 3. The number of rotatable bonds is 7. The van der Waals surface area contributed by atoms with Crippen LogP contribution in [0.3, 0.4) is 0 Å². The van der Waals surface area contributed by atoms with Crippen LogP contribution in [0.5, 0.6) is 11.6 Å². The molecule has 0 bridgehead atoms. The van der Waals surface area contributed by atoms with Crippen LogP contribution in [-0.4, -0.2) is 22.9 Å². The van der Waals surface area contributed by atoms with E-state index < -0.39 is 6.16 Å². The molecule has 33 heavy (non-hydrogen) atoms. The quantitative estimate of drug-likeness (QED) is 0.232. The van der Waals surface area contributed by atoms with Gasteiger partial charge < -0.3 is 19.6 Å². The Hall–Kier alpha value is -3.73. The van der Waals surface area contributed by atoms with E-state index >= 15 is 0 Å². The van der Waals surface area contributed by atoms with Gasteiger partial charge in [-0.25, -0.2) is 4.79 Å². The number of ether oxygens (including phenoxy) is 2. The lowest BCUT2D eigenvalue weighted by molar-refractivity contribution is 0.142.